The average molecular weight is 143 g/mol. The molecule has 60 valence electrons. The lowest BCUT2D eigenvalue weighted by molar-refractivity contribution is 0.338. The molecule has 0 aromatic rings. The first kappa shape index (κ1) is 9.59. The Hall–Kier alpha value is -0.410. The Balaban J connectivity index is 3.80. The van der Waals surface area contributed by atoms with E-state index in [-0.39, 0.29) is 5.41 Å². The maximum atomic E-state index is 5.55. The highest BCUT2D eigenvalue weighted by molar-refractivity contribution is 5.23. The molecule has 0 aliphatic heterocycles. The van der Waals surface area contributed by atoms with Crippen LogP contribution >= 0.6 is 0 Å². The molecule has 0 radical (unpaired) electrons. The van der Waals surface area contributed by atoms with Crippen LogP contribution in [0.1, 0.15) is 6.92 Å². The lowest BCUT2D eigenvalue weighted by atomic mass is 9.91. The summed E-state index contributed by atoms with van der Waals surface area (Å²) < 4.78 is 0. The van der Waals surface area contributed by atoms with Crippen LogP contribution in [0, 0.1) is 5.41 Å². The number of nitrogens with zero attached hydrogens (tertiary/aromatic N) is 1. The van der Waals surface area contributed by atoms with Gasteiger partial charge in [-0.25, -0.2) is 0 Å². The summed E-state index contributed by atoms with van der Waals surface area (Å²) in [6, 6.07) is 0. The summed E-state index contributed by atoms with van der Waals surface area (Å²) in [4.78, 5) is 3.83. The van der Waals surface area contributed by atoms with Crippen LogP contribution in [0.15, 0.2) is 4.99 Å². The maximum Gasteiger partial charge on any atom is 0.0460 e. The molecule has 10 heavy (non-hydrogen) atoms. The van der Waals surface area contributed by atoms with E-state index in [1.165, 1.54) is 0 Å². The molecule has 3 nitrogen and oxygen atoms in total. The fourth-order valence-electron chi connectivity index (χ4n) is 0.889. The van der Waals surface area contributed by atoms with Crippen molar-refractivity contribution in [2.24, 2.45) is 16.1 Å². The molecule has 0 aromatic heterocycles. The van der Waals surface area contributed by atoms with Crippen LogP contribution in [0.2, 0.25) is 0 Å². The molecule has 0 spiro atoms. The molecule has 3 heteroatoms. The number of hydrogen-bond donors (Lipinski definition) is 2. The second kappa shape index (κ2) is 4.41. The Labute approximate surface area is 62.7 Å². The first-order chi connectivity index (χ1) is 4.68. The molecule has 0 saturated heterocycles. The molecule has 0 amide bonds. The number of hydrogen-bond acceptors (Lipinski definition) is 3. The highest BCUT2D eigenvalue weighted by Gasteiger charge is 2.19. The summed E-state index contributed by atoms with van der Waals surface area (Å²) in [5, 5.41) is 3.08. The van der Waals surface area contributed by atoms with Crippen molar-refractivity contribution in [3.63, 3.8) is 0 Å². The van der Waals surface area contributed by atoms with Crippen LogP contribution in [0.25, 0.3) is 0 Å². The van der Waals surface area contributed by atoms with E-state index in [1.54, 1.807) is 0 Å². The largest absolute Gasteiger partial charge is 0.330 e. The zero-order chi connectivity index (χ0) is 8.04. The summed E-state index contributed by atoms with van der Waals surface area (Å²) in [6.45, 7) is 7.80. The fraction of sp³-hybridized carbons (Fsp3) is 0.857. The van der Waals surface area contributed by atoms with Crippen molar-refractivity contribution in [3.8, 4) is 0 Å². The molecule has 0 rings (SSSR count). The van der Waals surface area contributed by atoms with Gasteiger partial charge in [-0.05, 0) is 13.8 Å². The zero-order valence-electron chi connectivity index (χ0n) is 6.85. The number of aliphatic imine (C=N–C) groups is 1. The molecule has 0 aromatic carbocycles. The summed E-state index contributed by atoms with van der Waals surface area (Å²) in [5.41, 5.74) is 5.63. The standard InChI is InChI=1S/C7H17N3/c1-7(4-8,5-9-2)6-10-3/h10H,2,4-6,8H2,1,3H3. The molecule has 1 atom stereocenters. The van der Waals surface area contributed by atoms with Crippen LogP contribution in [0.4, 0.5) is 0 Å². The predicted octanol–water partition coefficient (Wildman–Crippen LogP) is -0.129. The predicted molar refractivity (Wildman–Crippen MR) is 45.5 cm³/mol. The molecule has 0 fully saturated rings. The molecule has 0 bridgehead atoms. The molecule has 0 heterocycles. The average Bonchev–Trinajstić information content (AvgIpc) is 1.89. The maximum absolute atomic E-state index is 5.55. The SMILES string of the molecule is C=NCC(C)(CN)CNC. The monoisotopic (exact) mass is 143 g/mol. The minimum atomic E-state index is 0.0799. The van der Waals surface area contributed by atoms with Crippen molar-refractivity contribution in [1.82, 2.24) is 5.32 Å². The fourth-order valence-corrected chi connectivity index (χ4v) is 0.889. The molecule has 0 aliphatic rings. The Kier molecular flexibility index (Phi) is 4.23. The zero-order valence-corrected chi connectivity index (χ0v) is 6.85. The first-order valence-electron chi connectivity index (χ1n) is 3.45. The summed E-state index contributed by atoms with van der Waals surface area (Å²) in [5.74, 6) is 0. The van der Waals surface area contributed by atoms with E-state index in [0.717, 1.165) is 13.1 Å². The summed E-state index contributed by atoms with van der Waals surface area (Å²) in [7, 11) is 1.91. The lowest BCUT2D eigenvalue weighted by Gasteiger charge is -2.24. The van der Waals surface area contributed by atoms with Gasteiger partial charge in [0.15, 0.2) is 0 Å². The van der Waals surface area contributed by atoms with Crippen molar-refractivity contribution in [2.75, 3.05) is 26.7 Å². The van der Waals surface area contributed by atoms with Crippen molar-refractivity contribution in [1.29, 1.82) is 0 Å². The molecular formula is C7H17N3. The van der Waals surface area contributed by atoms with Gasteiger partial charge in [-0.1, -0.05) is 6.92 Å². The van der Waals surface area contributed by atoms with Gasteiger partial charge in [0.05, 0.1) is 0 Å². The van der Waals surface area contributed by atoms with Gasteiger partial charge in [0.1, 0.15) is 0 Å². The third kappa shape index (κ3) is 2.94. The van der Waals surface area contributed by atoms with Gasteiger partial charge in [-0.2, -0.15) is 0 Å². The third-order valence-electron chi connectivity index (χ3n) is 1.59. The van der Waals surface area contributed by atoms with E-state index in [0.29, 0.717) is 6.54 Å². The minimum Gasteiger partial charge on any atom is -0.330 e. The van der Waals surface area contributed by atoms with Gasteiger partial charge in [0, 0.05) is 25.0 Å². The third-order valence-corrected chi connectivity index (χ3v) is 1.59. The van der Waals surface area contributed by atoms with Gasteiger partial charge in [-0.3, -0.25) is 0 Å². The molecule has 0 aliphatic carbocycles. The Morgan fingerprint density at radius 2 is 2.30 bits per heavy atom. The Bertz CT molecular complexity index is 103. The van der Waals surface area contributed by atoms with Crippen molar-refractivity contribution in [3.05, 3.63) is 0 Å². The lowest BCUT2D eigenvalue weighted by Crippen LogP contribution is -2.39. The van der Waals surface area contributed by atoms with Gasteiger partial charge in [0.2, 0.25) is 0 Å². The second-order valence-corrected chi connectivity index (χ2v) is 2.93. The van der Waals surface area contributed by atoms with Crippen LogP contribution in [-0.4, -0.2) is 33.4 Å². The molecular weight excluding hydrogens is 126 g/mol. The van der Waals surface area contributed by atoms with Gasteiger partial charge >= 0.3 is 0 Å². The Morgan fingerprint density at radius 1 is 1.70 bits per heavy atom. The molecule has 3 N–H and O–H groups in total. The highest BCUT2D eigenvalue weighted by Crippen LogP contribution is 2.12. The van der Waals surface area contributed by atoms with Crippen molar-refractivity contribution < 1.29 is 0 Å². The van der Waals surface area contributed by atoms with Crippen molar-refractivity contribution in [2.45, 2.75) is 6.92 Å². The summed E-state index contributed by atoms with van der Waals surface area (Å²) >= 11 is 0. The Morgan fingerprint density at radius 3 is 2.60 bits per heavy atom. The van der Waals surface area contributed by atoms with Gasteiger partial charge in [-0.15, -0.1) is 0 Å². The van der Waals surface area contributed by atoms with E-state index in [2.05, 4.69) is 24.0 Å². The van der Waals surface area contributed by atoms with Crippen LogP contribution in [0.5, 0.6) is 0 Å². The number of rotatable bonds is 5. The molecule has 1 unspecified atom stereocenters. The highest BCUT2D eigenvalue weighted by atomic mass is 14.9. The topological polar surface area (TPSA) is 50.4 Å². The van der Waals surface area contributed by atoms with Crippen LogP contribution < -0.4 is 11.1 Å². The van der Waals surface area contributed by atoms with Gasteiger partial charge in [0.25, 0.3) is 0 Å². The van der Waals surface area contributed by atoms with Gasteiger partial charge < -0.3 is 16.0 Å². The number of nitrogens with two attached hydrogens (primary N) is 1. The van der Waals surface area contributed by atoms with E-state index in [9.17, 15) is 0 Å². The summed E-state index contributed by atoms with van der Waals surface area (Å²) in [6.07, 6.45) is 0. The molecule has 0 saturated carbocycles. The number of nitrogens with one attached hydrogen (secondary N) is 1. The quantitative estimate of drug-likeness (QED) is 0.527. The first-order valence-corrected chi connectivity index (χ1v) is 3.45. The van der Waals surface area contributed by atoms with E-state index in [4.69, 9.17) is 5.73 Å². The van der Waals surface area contributed by atoms with E-state index < -0.39 is 0 Å². The smallest absolute Gasteiger partial charge is 0.0460 e. The van der Waals surface area contributed by atoms with Crippen LogP contribution in [-0.2, 0) is 0 Å². The second-order valence-electron chi connectivity index (χ2n) is 2.93. The normalized spacial score (nSPS) is 16.3. The van der Waals surface area contributed by atoms with E-state index in [1.807, 2.05) is 7.05 Å². The van der Waals surface area contributed by atoms with Crippen molar-refractivity contribution >= 4 is 6.72 Å². The van der Waals surface area contributed by atoms with Crippen LogP contribution in [0.3, 0.4) is 0 Å². The minimum absolute atomic E-state index is 0.0799. The van der Waals surface area contributed by atoms with E-state index >= 15 is 0 Å².